The third-order valence-corrected chi connectivity index (χ3v) is 3.65. The van der Waals surface area contributed by atoms with Crippen molar-refractivity contribution in [3.63, 3.8) is 0 Å². The molecule has 1 N–H and O–H groups in total. The number of carbonyl (C=O) groups excluding carboxylic acids is 1. The zero-order valence-electron chi connectivity index (χ0n) is 10.8. The van der Waals surface area contributed by atoms with E-state index < -0.39 is 0 Å². The van der Waals surface area contributed by atoms with Crippen molar-refractivity contribution in [3.8, 4) is 0 Å². The minimum absolute atomic E-state index is 0.377. The van der Waals surface area contributed by atoms with Gasteiger partial charge in [0.2, 0.25) is 0 Å². The molecule has 2 heteroatoms. The van der Waals surface area contributed by atoms with Crippen molar-refractivity contribution >= 4 is 5.78 Å². The van der Waals surface area contributed by atoms with Gasteiger partial charge >= 0.3 is 0 Å². The second-order valence-electron chi connectivity index (χ2n) is 5.20. The second-order valence-corrected chi connectivity index (χ2v) is 5.20. The Hall–Kier alpha value is -1.15. The molecule has 0 amide bonds. The van der Waals surface area contributed by atoms with Gasteiger partial charge in [-0.15, -0.1) is 0 Å². The van der Waals surface area contributed by atoms with Gasteiger partial charge in [0.15, 0.2) is 0 Å². The van der Waals surface area contributed by atoms with Crippen molar-refractivity contribution in [3.05, 3.63) is 34.9 Å². The first-order chi connectivity index (χ1) is 8.15. The monoisotopic (exact) mass is 231 g/mol. The molecule has 1 heterocycles. The van der Waals surface area contributed by atoms with E-state index in [1.807, 2.05) is 0 Å². The second kappa shape index (κ2) is 5.46. The molecule has 1 unspecified atom stereocenters. The fourth-order valence-corrected chi connectivity index (χ4v) is 2.42. The molecule has 1 fully saturated rings. The number of carbonyl (C=O) groups is 1. The molecule has 0 bridgehead atoms. The van der Waals surface area contributed by atoms with E-state index in [0.29, 0.717) is 18.1 Å². The summed E-state index contributed by atoms with van der Waals surface area (Å²) in [6, 6.07) is 6.32. The molecule has 0 spiro atoms. The molecular formula is C15H21NO. The molecule has 0 saturated carbocycles. The summed E-state index contributed by atoms with van der Waals surface area (Å²) in [6.07, 6.45) is 2.48. The van der Waals surface area contributed by atoms with Crippen LogP contribution < -0.4 is 5.32 Å². The molecule has 1 aliphatic heterocycles. The molecule has 92 valence electrons. The van der Waals surface area contributed by atoms with Gasteiger partial charge in [0, 0.05) is 12.8 Å². The van der Waals surface area contributed by atoms with Crippen LogP contribution in [0, 0.1) is 19.8 Å². The normalized spacial score (nSPS) is 19.5. The summed E-state index contributed by atoms with van der Waals surface area (Å²) in [5.41, 5.74) is 3.73. The maximum absolute atomic E-state index is 11.9. The number of benzene rings is 1. The Kier molecular flexibility index (Phi) is 3.95. The minimum atomic E-state index is 0.377. The van der Waals surface area contributed by atoms with E-state index in [2.05, 4.69) is 37.4 Å². The number of hydrogen-bond acceptors (Lipinski definition) is 2. The lowest BCUT2D eigenvalue weighted by Crippen LogP contribution is -2.14. The fourth-order valence-electron chi connectivity index (χ4n) is 2.42. The van der Waals surface area contributed by atoms with Gasteiger partial charge in [0.05, 0.1) is 0 Å². The molecule has 2 nitrogen and oxygen atoms in total. The summed E-state index contributed by atoms with van der Waals surface area (Å²) in [6.45, 7) is 6.29. The first-order valence-corrected chi connectivity index (χ1v) is 6.43. The standard InChI is InChI=1S/C15H21NO/c1-11-3-4-13(7-12(11)2)8-15(17)9-14-5-6-16-10-14/h3-4,7,14,16H,5-6,8-10H2,1-2H3. The highest BCUT2D eigenvalue weighted by Gasteiger charge is 2.18. The van der Waals surface area contributed by atoms with Gasteiger partial charge < -0.3 is 5.32 Å². The first-order valence-electron chi connectivity index (χ1n) is 6.43. The van der Waals surface area contributed by atoms with Gasteiger partial charge in [-0.05, 0) is 56.0 Å². The molecular weight excluding hydrogens is 210 g/mol. The summed E-state index contributed by atoms with van der Waals surface area (Å²) in [5, 5.41) is 3.31. The van der Waals surface area contributed by atoms with Crippen LogP contribution in [0.3, 0.4) is 0 Å². The van der Waals surface area contributed by atoms with Crippen molar-refractivity contribution in [1.82, 2.24) is 5.32 Å². The third-order valence-electron chi connectivity index (χ3n) is 3.65. The van der Waals surface area contributed by atoms with Crippen molar-refractivity contribution < 1.29 is 4.79 Å². The van der Waals surface area contributed by atoms with Crippen LogP contribution in [0.5, 0.6) is 0 Å². The molecule has 1 aliphatic rings. The third kappa shape index (κ3) is 3.40. The lowest BCUT2D eigenvalue weighted by Gasteiger charge is -2.08. The van der Waals surface area contributed by atoms with Crippen LogP contribution in [0.2, 0.25) is 0 Å². The molecule has 1 aromatic rings. The average molecular weight is 231 g/mol. The number of rotatable bonds is 4. The fraction of sp³-hybridized carbons (Fsp3) is 0.533. The van der Waals surface area contributed by atoms with E-state index in [1.165, 1.54) is 11.1 Å². The van der Waals surface area contributed by atoms with E-state index in [-0.39, 0.29) is 0 Å². The zero-order valence-corrected chi connectivity index (χ0v) is 10.8. The molecule has 0 aromatic heterocycles. The summed E-state index contributed by atoms with van der Waals surface area (Å²) in [5.74, 6) is 0.941. The molecule has 1 aromatic carbocycles. The number of ketones is 1. The molecule has 2 rings (SSSR count). The number of Topliss-reactive ketones (excluding diaryl/α,β-unsaturated/α-hetero) is 1. The highest BCUT2D eigenvalue weighted by Crippen LogP contribution is 2.16. The zero-order chi connectivity index (χ0) is 12.3. The quantitative estimate of drug-likeness (QED) is 0.862. The summed E-state index contributed by atoms with van der Waals surface area (Å²) >= 11 is 0. The Balaban J connectivity index is 1.90. The molecule has 1 saturated heterocycles. The maximum Gasteiger partial charge on any atom is 0.137 e. The van der Waals surface area contributed by atoms with Crippen LogP contribution in [0.4, 0.5) is 0 Å². The average Bonchev–Trinajstić information content (AvgIpc) is 2.76. The van der Waals surface area contributed by atoms with Crippen molar-refractivity contribution in [2.45, 2.75) is 33.1 Å². The predicted octanol–water partition coefficient (Wildman–Crippen LogP) is 2.41. The van der Waals surface area contributed by atoms with Gasteiger partial charge in [-0.3, -0.25) is 4.79 Å². The summed E-state index contributed by atoms with van der Waals surface area (Å²) in [4.78, 5) is 11.9. The predicted molar refractivity (Wildman–Crippen MR) is 70.2 cm³/mol. The molecule has 0 radical (unpaired) electrons. The molecule has 1 atom stereocenters. The highest BCUT2D eigenvalue weighted by molar-refractivity contribution is 5.81. The van der Waals surface area contributed by atoms with Crippen LogP contribution >= 0.6 is 0 Å². The number of nitrogens with one attached hydrogen (secondary N) is 1. The SMILES string of the molecule is Cc1ccc(CC(=O)CC2CCNC2)cc1C. The van der Waals surface area contributed by atoms with Gasteiger partial charge in [0.25, 0.3) is 0 Å². The highest BCUT2D eigenvalue weighted by atomic mass is 16.1. The van der Waals surface area contributed by atoms with E-state index in [4.69, 9.17) is 0 Å². The Bertz CT molecular complexity index is 405. The Morgan fingerprint density at radius 2 is 2.18 bits per heavy atom. The van der Waals surface area contributed by atoms with Gasteiger partial charge in [0.1, 0.15) is 5.78 Å². The summed E-state index contributed by atoms with van der Waals surface area (Å²) < 4.78 is 0. The Morgan fingerprint density at radius 1 is 1.35 bits per heavy atom. The maximum atomic E-state index is 11.9. The first kappa shape index (κ1) is 12.3. The minimum Gasteiger partial charge on any atom is -0.316 e. The van der Waals surface area contributed by atoms with Crippen molar-refractivity contribution in [2.24, 2.45) is 5.92 Å². The van der Waals surface area contributed by atoms with E-state index in [0.717, 1.165) is 31.5 Å². The largest absolute Gasteiger partial charge is 0.316 e. The van der Waals surface area contributed by atoms with Crippen LogP contribution in [0.25, 0.3) is 0 Å². The Morgan fingerprint density at radius 3 is 2.82 bits per heavy atom. The van der Waals surface area contributed by atoms with E-state index in [1.54, 1.807) is 0 Å². The van der Waals surface area contributed by atoms with Crippen LogP contribution in [-0.2, 0) is 11.2 Å². The lowest BCUT2D eigenvalue weighted by molar-refractivity contribution is -0.119. The van der Waals surface area contributed by atoms with Crippen LogP contribution in [0.15, 0.2) is 18.2 Å². The van der Waals surface area contributed by atoms with E-state index in [9.17, 15) is 4.79 Å². The lowest BCUT2D eigenvalue weighted by atomic mass is 9.96. The van der Waals surface area contributed by atoms with Crippen molar-refractivity contribution in [1.29, 1.82) is 0 Å². The smallest absolute Gasteiger partial charge is 0.137 e. The van der Waals surface area contributed by atoms with Crippen LogP contribution in [-0.4, -0.2) is 18.9 Å². The van der Waals surface area contributed by atoms with Gasteiger partial charge in [-0.1, -0.05) is 18.2 Å². The molecule has 0 aliphatic carbocycles. The van der Waals surface area contributed by atoms with E-state index >= 15 is 0 Å². The Labute approximate surface area is 103 Å². The van der Waals surface area contributed by atoms with Crippen molar-refractivity contribution in [2.75, 3.05) is 13.1 Å². The van der Waals surface area contributed by atoms with Gasteiger partial charge in [-0.25, -0.2) is 0 Å². The van der Waals surface area contributed by atoms with Gasteiger partial charge in [-0.2, -0.15) is 0 Å². The summed E-state index contributed by atoms with van der Waals surface area (Å²) in [7, 11) is 0. The topological polar surface area (TPSA) is 29.1 Å². The molecule has 17 heavy (non-hydrogen) atoms. The number of hydrogen-bond donors (Lipinski definition) is 1. The number of aryl methyl sites for hydroxylation is 2. The van der Waals surface area contributed by atoms with Crippen LogP contribution in [0.1, 0.15) is 29.5 Å².